The molecule has 1 heterocycles. The van der Waals surface area contributed by atoms with Crippen molar-refractivity contribution in [2.45, 2.75) is 13.3 Å². The molecule has 0 saturated carbocycles. The Morgan fingerprint density at radius 2 is 2.07 bits per heavy atom. The van der Waals surface area contributed by atoms with Crippen molar-refractivity contribution < 1.29 is 8.78 Å². The number of anilines is 1. The minimum atomic E-state index is -0.777. The fourth-order valence-electron chi connectivity index (χ4n) is 1.85. The van der Waals surface area contributed by atoms with E-state index in [1.807, 2.05) is 0 Å². The Morgan fingerprint density at radius 1 is 1.29 bits per heavy atom. The van der Waals surface area contributed by atoms with E-state index in [4.69, 9.17) is 0 Å². The van der Waals surface area contributed by atoms with Crippen molar-refractivity contribution in [3.8, 4) is 0 Å². The van der Waals surface area contributed by atoms with Crippen LogP contribution in [0.1, 0.15) is 13.3 Å². The monoisotopic (exact) mass is 197 g/mol. The number of rotatable bonds is 1. The average molecular weight is 197 g/mol. The molecular weight excluding hydrogens is 184 g/mol. The van der Waals surface area contributed by atoms with Gasteiger partial charge in [0, 0.05) is 24.8 Å². The Labute approximate surface area is 82.3 Å². The van der Waals surface area contributed by atoms with Crippen LogP contribution in [-0.2, 0) is 0 Å². The summed E-state index contributed by atoms with van der Waals surface area (Å²) in [5, 5.41) is 0. The van der Waals surface area contributed by atoms with E-state index < -0.39 is 11.6 Å². The molecule has 0 bridgehead atoms. The highest BCUT2D eigenvalue weighted by molar-refractivity contribution is 5.47. The highest BCUT2D eigenvalue weighted by Crippen LogP contribution is 2.24. The van der Waals surface area contributed by atoms with Gasteiger partial charge in [-0.15, -0.1) is 0 Å². The van der Waals surface area contributed by atoms with Crippen LogP contribution in [0.5, 0.6) is 0 Å². The van der Waals surface area contributed by atoms with Gasteiger partial charge in [0.25, 0.3) is 0 Å². The average Bonchev–Trinajstić information content (AvgIpc) is 2.57. The molecule has 1 atom stereocenters. The van der Waals surface area contributed by atoms with Gasteiger partial charge in [-0.25, -0.2) is 8.78 Å². The number of hydrogen-bond donors (Lipinski definition) is 0. The summed E-state index contributed by atoms with van der Waals surface area (Å²) in [6.45, 7) is 4.04. The first kappa shape index (κ1) is 9.44. The Kier molecular flexibility index (Phi) is 2.40. The largest absolute Gasteiger partial charge is 0.371 e. The van der Waals surface area contributed by atoms with Gasteiger partial charge in [-0.3, -0.25) is 0 Å². The normalized spacial score (nSPS) is 21.6. The van der Waals surface area contributed by atoms with Gasteiger partial charge in [0.2, 0.25) is 0 Å². The number of hydrogen-bond acceptors (Lipinski definition) is 1. The molecule has 1 aliphatic rings. The first-order valence-corrected chi connectivity index (χ1v) is 4.87. The molecule has 1 saturated heterocycles. The zero-order chi connectivity index (χ0) is 10.1. The second-order valence-electron chi connectivity index (χ2n) is 3.94. The van der Waals surface area contributed by atoms with Crippen molar-refractivity contribution in [2.24, 2.45) is 5.92 Å². The van der Waals surface area contributed by atoms with Gasteiger partial charge in [0.15, 0.2) is 11.6 Å². The van der Waals surface area contributed by atoms with Gasteiger partial charge in [0.1, 0.15) is 0 Å². The minimum Gasteiger partial charge on any atom is -0.371 e. The maximum absolute atomic E-state index is 12.9. The van der Waals surface area contributed by atoms with E-state index in [1.54, 1.807) is 6.07 Å². The summed E-state index contributed by atoms with van der Waals surface area (Å²) in [5.41, 5.74) is 0.785. The molecule has 1 fully saturated rings. The first-order chi connectivity index (χ1) is 6.66. The summed E-state index contributed by atoms with van der Waals surface area (Å²) in [6.07, 6.45) is 1.12. The maximum atomic E-state index is 12.9. The van der Waals surface area contributed by atoms with E-state index in [1.165, 1.54) is 12.1 Å². The van der Waals surface area contributed by atoms with Crippen molar-refractivity contribution in [1.29, 1.82) is 0 Å². The number of halogens is 2. The summed E-state index contributed by atoms with van der Waals surface area (Å²) in [5.74, 6) is -0.897. The van der Waals surface area contributed by atoms with Gasteiger partial charge in [-0.2, -0.15) is 0 Å². The van der Waals surface area contributed by atoms with Crippen molar-refractivity contribution in [3.63, 3.8) is 0 Å². The lowest BCUT2D eigenvalue weighted by Crippen LogP contribution is -2.19. The van der Waals surface area contributed by atoms with Gasteiger partial charge in [-0.05, 0) is 24.5 Å². The zero-order valence-corrected chi connectivity index (χ0v) is 8.13. The van der Waals surface area contributed by atoms with Crippen LogP contribution >= 0.6 is 0 Å². The van der Waals surface area contributed by atoms with Crippen LogP contribution in [0.4, 0.5) is 14.5 Å². The minimum absolute atomic E-state index is 0.642. The third-order valence-corrected chi connectivity index (χ3v) is 2.69. The summed E-state index contributed by atoms with van der Waals surface area (Å²) in [6, 6.07) is 4.09. The van der Waals surface area contributed by atoms with Crippen molar-refractivity contribution in [1.82, 2.24) is 0 Å². The van der Waals surface area contributed by atoms with Crippen molar-refractivity contribution >= 4 is 5.69 Å². The Balaban J connectivity index is 2.20. The van der Waals surface area contributed by atoms with Crippen LogP contribution in [0, 0.1) is 17.6 Å². The molecule has 3 heteroatoms. The van der Waals surface area contributed by atoms with Crippen LogP contribution < -0.4 is 4.90 Å². The second kappa shape index (κ2) is 3.56. The molecule has 1 aromatic rings. The van der Waals surface area contributed by atoms with E-state index >= 15 is 0 Å². The Bertz CT molecular complexity index is 338. The van der Waals surface area contributed by atoms with E-state index in [9.17, 15) is 8.78 Å². The van der Waals surface area contributed by atoms with Crippen LogP contribution in [0.2, 0.25) is 0 Å². The smallest absolute Gasteiger partial charge is 0.160 e. The third-order valence-electron chi connectivity index (χ3n) is 2.69. The second-order valence-corrected chi connectivity index (χ2v) is 3.94. The molecule has 0 aliphatic carbocycles. The standard InChI is InChI=1S/C11H13F2N/c1-8-4-5-14(7-8)9-2-3-10(12)11(13)6-9/h2-3,6,8H,4-5,7H2,1H3. The molecule has 1 nitrogen and oxygen atoms in total. The predicted molar refractivity (Wildman–Crippen MR) is 52.4 cm³/mol. The molecule has 14 heavy (non-hydrogen) atoms. The van der Waals surface area contributed by atoms with Crippen LogP contribution in [-0.4, -0.2) is 13.1 Å². The summed E-state index contributed by atoms with van der Waals surface area (Å²) >= 11 is 0. The Hall–Kier alpha value is -1.12. The van der Waals surface area contributed by atoms with Crippen LogP contribution in [0.15, 0.2) is 18.2 Å². The summed E-state index contributed by atoms with van der Waals surface area (Å²) < 4.78 is 25.6. The number of nitrogens with zero attached hydrogens (tertiary/aromatic N) is 1. The molecule has 0 amide bonds. The molecule has 0 radical (unpaired) electrons. The number of benzene rings is 1. The quantitative estimate of drug-likeness (QED) is 0.669. The molecule has 76 valence electrons. The van der Waals surface area contributed by atoms with Crippen LogP contribution in [0.3, 0.4) is 0 Å². The van der Waals surface area contributed by atoms with Gasteiger partial charge in [0.05, 0.1) is 0 Å². The van der Waals surface area contributed by atoms with Gasteiger partial charge >= 0.3 is 0 Å². The molecule has 1 aromatic carbocycles. The molecule has 1 aliphatic heterocycles. The van der Waals surface area contributed by atoms with Crippen molar-refractivity contribution in [2.75, 3.05) is 18.0 Å². The Morgan fingerprint density at radius 3 is 2.64 bits per heavy atom. The lowest BCUT2D eigenvalue weighted by molar-refractivity contribution is 0.508. The highest BCUT2D eigenvalue weighted by Gasteiger charge is 2.19. The molecule has 0 aromatic heterocycles. The fraction of sp³-hybridized carbons (Fsp3) is 0.455. The summed E-state index contributed by atoms with van der Waals surface area (Å²) in [4.78, 5) is 2.09. The van der Waals surface area contributed by atoms with Gasteiger partial charge < -0.3 is 4.90 Å². The fourth-order valence-corrected chi connectivity index (χ4v) is 1.85. The van der Waals surface area contributed by atoms with E-state index in [0.717, 1.165) is 25.2 Å². The van der Waals surface area contributed by atoms with Crippen molar-refractivity contribution in [3.05, 3.63) is 29.8 Å². The molecule has 2 rings (SSSR count). The highest BCUT2D eigenvalue weighted by atomic mass is 19.2. The zero-order valence-electron chi connectivity index (χ0n) is 8.13. The van der Waals surface area contributed by atoms with E-state index in [0.29, 0.717) is 5.92 Å². The first-order valence-electron chi connectivity index (χ1n) is 4.87. The summed E-state index contributed by atoms with van der Waals surface area (Å²) in [7, 11) is 0. The predicted octanol–water partition coefficient (Wildman–Crippen LogP) is 2.81. The molecule has 0 spiro atoms. The SMILES string of the molecule is CC1CCN(c2ccc(F)c(F)c2)C1. The van der Waals surface area contributed by atoms with Crippen LogP contribution in [0.25, 0.3) is 0 Å². The maximum Gasteiger partial charge on any atom is 0.160 e. The lowest BCUT2D eigenvalue weighted by atomic mass is 10.2. The lowest BCUT2D eigenvalue weighted by Gasteiger charge is -2.18. The van der Waals surface area contributed by atoms with Gasteiger partial charge in [-0.1, -0.05) is 6.92 Å². The third kappa shape index (κ3) is 1.72. The van der Waals surface area contributed by atoms with E-state index in [2.05, 4.69) is 11.8 Å². The topological polar surface area (TPSA) is 3.24 Å². The molecule has 1 unspecified atom stereocenters. The molecule has 0 N–H and O–H groups in total. The molecular formula is C11H13F2N. The van der Waals surface area contributed by atoms with E-state index in [-0.39, 0.29) is 0 Å².